The number of nitrogens with zero attached hydrogens (tertiary/aromatic N) is 2. The molecule has 0 unspecified atom stereocenters. The molecule has 1 heterocycles. The maximum absolute atomic E-state index is 12.1. The molecule has 1 aromatic heterocycles. The van der Waals surface area contributed by atoms with Crippen LogP contribution in [0.3, 0.4) is 0 Å². The van der Waals surface area contributed by atoms with E-state index in [0.717, 1.165) is 18.4 Å². The summed E-state index contributed by atoms with van der Waals surface area (Å²) in [6.07, 6.45) is 3.18. The highest BCUT2D eigenvalue weighted by molar-refractivity contribution is 6.17. The smallest absolute Gasteiger partial charge is 0.331 e. The van der Waals surface area contributed by atoms with Crippen LogP contribution in [-0.2, 0) is 13.1 Å². The second-order valence-electron chi connectivity index (χ2n) is 4.43. The van der Waals surface area contributed by atoms with E-state index in [2.05, 4.69) is 0 Å². The Hall–Kier alpha value is -1.68. The summed E-state index contributed by atoms with van der Waals surface area (Å²) in [5, 5.41) is 9.85. The van der Waals surface area contributed by atoms with Crippen LogP contribution in [0.1, 0.15) is 18.4 Å². The lowest BCUT2D eigenvalue weighted by atomic mass is 10.2. The van der Waals surface area contributed by atoms with Gasteiger partial charge in [-0.15, -0.1) is 11.6 Å². The first-order valence-corrected chi connectivity index (χ1v) is 6.84. The van der Waals surface area contributed by atoms with Crippen LogP contribution < -0.4 is 5.69 Å². The highest BCUT2D eigenvalue weighted by Gasteiger charge is 2.10. The minimum absolute atomic E-state index is 0.000253. The maximum Gasteiger partial charge on any atom is 0.331 e. The molecule has 0 radical (unpaired) electrons. The van der Waals surface area contributed by atoms with Crippen molar-refractivity contribution in [3.8, 4) is 5.88 Å². The molecule has 0 atom stereocenters. The van der Waals surface area contributed by atoms with Crippen LogP contribution in [0, 0.1) is 0 Å². The molecule has 0 amide bonds. The van der Waals surface area contributed by atoms with Gasteiger partial charge in [0.1, 0.15) is 0 Å². The van der Waals surface area contributed by atoms with E-state index in [0.29, 0.717) is 19.0 Å². The van der Waals surface area contributed by atoms with Gasteiger partial charge in [0.05, 0.1) is 12.7 Å². The van der Waals surface area contributed by atoms with Crippen molar-refractivity contribution >= 4 is 11.6 Å². The van der Waals surface area contributed by atoms with Crippen LogP contribution in [0.25, 0.3) is 0 Å². The third kappa shape index (κ3) is 3.41. The third-order valence-electron chi connectivity index (χ3n) is 2.99. The van der Waals surface area contributed by atoms with Gasteiger partial charge in [-0.3, -0.25) is 9.13 Å². The maximum atomic E-state index is 12.1. The fraction of sp³-hybridized carbons (Fsp3) is 0.357. The van der Waals surface area contributed by atoms with Gasteiger partial charge in [0.15, 0.2) is 0 Å². The Morgan fingerprint density at radius 2 is 1.89 bits per heavy atom. The lowest BCUT2D eigenvalue weighted by Gasteiger charge is -2.03. The number of benzene rings is 1. The molecule has 102 valence electrons. The highest BCUT2D eigenvalue weighted by Crippen LogP contribution is 2.10. The number of unbranched alkanes of at least 4 members (excludes halogenated alkanes) is 1. The summed E-state index contributed by atoms with van der Waals surface area (Å²) in [4.78, 5) is 12.1. The number of halogens is 1. The molecule has 2 rings (SSSR count). The molecule has 0 fully saturated rings. The van der Waals surface area contributed by atoms with Crippen molar-refractivity contribution in [3.63, 3.8) is 0 Å². The summed E-state index contributed by atoms with van der Waals surface area (Å²) < 4.78 is 2.90. The number of aromatic hydroxyl groups is 1. The Balaban J connectivity index is 2.15. The van der Waals surface area contributed by atoms with Crippen LogP contribution in [0.5, 0.6) is 5.88 Å². The first kappa shape index (κ1) is 13.7. The summed E-state index contributed by atoms with van der Waals surface area (Å²) in [6, 6.07) is 9.60. The molecule has 0 spiro atoms. The number of aryl methyl sites for hydroxylation is 1. The van der Waals surface area contributed by atoms with Gasteiger partial charge in [0.25, 0.3) is 0 Å². The van der Waals surface area contributed by atoms with E-state index < -0.39 is 0 Å². The molecule has 5 heteroatoms. The van der Waals surface area contributed by atoms with E-state index >= 15 is 0 Å². The fourth-order valence-electron chi connectivity index (χ4n) is 1.97. The number of imidazole rings is 1. The third-order valence-corrected chi connectivity index (χ3v) is 3.26. The molecule has 0 saturated carbocycles. The van der Waals surface area contributed by atoms with Crippen LogP contribution in [0.15, 0.2) is 41.3 Å². The molecule has 1 aromatic carbocycles. The Labute approximate surface area is 116 Å². The number of hydrogen-bond donors (Lipinski definition) is 1. The molecule has 0 bridgehead atoms. The number of hydrogen-bond acceptors (Lipinski definition) is 2. The van der Waals surface area contributed by atoms with E-state index in [1.54, 1.807) is 0 Å². The molecule has 2 aromatic rings. The number of aromatic nitrogens is 2. The second-order valence-corrected chi connectivity index (χ2v) is 4.81. The van der Waals surface area contributed by atoms with Crippen molar-refractivity contribution in [3.05, 3.63) is 52.6 Å². The van der Waals surface area contributed by atoms with Crippen LogP contribution >= 0.6 is 11.6 Å². The summed E-state index contributed by atoms with van der Waals surface area (Å²) in [6.45, 7) is 0.967. The second kappa shape index (κ2) is 6.48. The molecular weight excluding hydrogens is 264 g/mol. The molecule has 19 heavy (non-hydrogen) atoms. The van der Waals surface area contributed by atoms with E-state index in [4.69, 9.17) is 11.6 Å². The lowest BCUT2D eigenvalue weighted by Crippen LogP contribution is -2.24. The van der Waals surface area contributed by atoms with Gasteiger partial charge < -0.3 is 5.11 Å². The van der Waals surface area contributed by atoms with E-state index in [9.17, 15) is 9.90 Å². The molecular formula is C14H17ClN2O2. The molecule has 1 N–H and O–H groups in total. The van der Waals surface area contributed by atoms with E-state index in [1.165, 1.54) is 15.3 Å². The highest BCUT2D eigenvalue weighted by atomic mass is 35.5. The fourth-order valence-corrected chi connectivity index (χ4v) is 2.16. The predicted molar refractivity (Wildman–Crippen MR) is 75.9 cm³/mol. The molecule has 0 aliphatic carbocycles. The average molecular weight is 281 g/mol. The van der Waals surface area contributed by atoms with Gasteiger partial charge in [-0.2, -0.15) is 0 Å². The Bertz CT molecular complexity index is 575. The van der Waals surface area contributed by atoms with Crippen molar-refractivity contribution in [1.29, 1.82) is 0 Å². The molecule has 4 nitrogen and oxygen atoms in total. The SMILES string of the molecule is O=c1n(CCCCCl)cc(O)n1Cc1ccccc1. The lowest BCUT2D eigenvalue weighted by molar-refractivity contribution is 0.421. The quantitative estimate of drug-likeness (QED) is 0.652. The molecule has 0 aliphatic heterocycles. The minimum atomic E-state index is -0.184. The summed E-state index contributed by atoms with van der Waals surface area (Å²) in [7, 11) is 0. The predicted octanol–water partition coefficient (Wildman–Crippen LogP) is 2.42. The first-order chi connectivity index (χ1) is 9.22. The van der Waals surface area contributed by atoms with Gasteiger partial charge in [-0.25, -0.2) is 4.79 Å². The van der Waals surface area contributed by atoms with Crippen molar-refractivity contribution in [2.75, 3.05) is 5.88 Å². The van der Waals surface area contributed by atoms with E-state index in [1.807, 2.05) is 30.3 Å². The number of alkyl halides is 1. The topological polar surface area (TPSA) is 47.2 Å². The normalized spacial score (nSPS) is 10.8. The Kier molecular flexibility index (Phi) is 4.68. The van der Waals surface area contributed by atoms with Crippen molar-refractivity contribution in [2.24, 2.45) is 0 Å². The zero-order valence-corrected chi connectivity index (χ0v) is 11.4. The molecule has 0 aliphatic rings. The zero-order valence-electron chi connectivity index (χ0n) is 10.6. The Morgan fingerprint density at radius 1 is 1.16 bits per heavy atom. The number of rotatable bonds is 6. The van der Waals surface area contributed by atoms with Crippen LogP contribution in [0.2, 0.25) is 0 Å². The van der Waals surface area contributed by atoms with Gasteiger partial charge >= 0.3 is 5.69 Å². The standard InChI is InChI=1S/C14H17ClN2O2/c15-8-4-5-9-16-11-13(18)17(14(16)19)10-12-6-2-1-3-7-12/h1-3,6-7,11,18H,4-5,8-10H2. The average Bonchev–Trinajstić information content (AvgIpc) is 2.68. The van der Waals surface area contributed by atoms with Crippen LogP contribution in [-0.4, -0.2) is 20.1 Å². The first-order valence-electron chi connectivity index (χ1n) is 6.31. The van der Waals surface area contributed by atoms with Gasteiger partial charge in [0, 0.05) is 12.4 Å². The largest absolute Gasteiger partial charge is 0.493 e. The van der Waals surface area contributed by atoms with Gasteiger partial charge in [-0.05, 0) is 18.4 Å². The zero-order chi connectivity index (χ0) is 13.7. The summed E-state index contributed by atoms with van der Waals surface area (Å²) in [5.74, 6) is 0.588. The van der Waals surface area contributed by atoms with Crippen molar-refractivity contribution in [2.45, 2.75) is 25.9 Å². The summed E-state index contributed by atoms with van der Waals surface area (Å²) >= 11 is 5.61. The molecule has 0 saturated heterocycles. The van der Waals surface area contributed by atoms with Crippen molar-refractivity contribution < 1.29 is 5.11 Å². The summed E-state index contributed by atoms with van der Waals surface area (Å²) in [5.41, 5.74) is 0.800. The van der Waals surface area contributed by atoms with Gasteiger partial charge in [0.2, 0.25) is 5.88 Å². The minimum Gasteiger partial charge on any atom is -0.493 e. The van der Waals surface area contributed by atoms with Gasteiger partial charge in [-0.1, -0.05) is 30.3 Å². The van der Waals surface area contributed by atoms with Crippen molar-refractivity contribution in [1.82, 2.24) is 9.13 Å². The van der Waals surface area contributed by atoms with Crippen LogP contribution in [0.4, 0.5) is 0 Å². The monoisotopic (exact) mass is 280 g/mol. The Morgan fingerprint density at radius 3 is 2.58 bits per heavy atom. The van der Waals surface area contributed by atoms with E-state index in [-0.39, 0.29) is 11.6 Å².